The van der Waals surface area contributed by atoms with E-state index in [-0.39, 0.29) is 0 Å². The fraction of sp³-hybridized carbons (Fsp3) is 0.286. The van der Waals surface area contributed by atoms with Crippen molar-refractivity contribution in [1.29, 1.82) is 0 Å². The van der Waals surface area contributed by atoms with Gasteiger partial charge in [0.15, 0.2) is 31.0 Å². The molecule has 0 bridgehead atoms. The zero-order valence-corrected chi connectivity index (χ0v) is 51.4. The molecule has 10 aromatic heterocycles. The molecule has 0 N–H and O–H groups in total. The first-order valence-electron chi connectivity index (χ1n) is 27.4. The standard InChI is InChI=1S/C15H19N2.3C14H17N2.C13H15N2/c1-10-6-7-14(17(5)9-10)15-11(2)8-12(3)16-13(15)4;1-10-6-8-16(4)13(9-10)14-11(2)5-7-15-12(14)3;1-10-5-6-14(16(4)9-10)13-8-15-12(3)7-11(13)2;1-10-5-6-16(4)14(7-10)13-9-15-12(3)8-11(13)2;1-10-5-7-15(3)13(8-10)12-9-14-6-4-11(12)2/h6-9H,1-5H3;3*5-9H,1-4H3;4-9H,1-3H3/q5*+1. The molecule has 10 nitrogen and oxygen atoms in total. The molecule has 0 unspecified atom stereocenters. The number of hydrogen-bond donors (Lipinski definition) is 0. The van der Waals surface area contributed by atoms with E-state index in [1.54, 1.807) is 0 Å². The van der Waals surface area contributed by atoms with Crippen LogP contribution in [0.15, 0.2) is 153 Å². The Bertz CT molecular complexity index is 3710. The smallest absolute Gasteiger partial charge is 0.214 e. The SMILES string of the molecule is Cc1cc[n+](C)c(-c2c(C)ccnc2C)c1.Cc1cc[n+](C)c(-c2cnc(C)cc2C)c1.Cc1cc[n+](C)c(-c2cnccc2C)c1.Cc1ccc(-c2c(C)cc(C)nc2C)[n+](C)c1.Cc1ccc(-c2cnc(C)cc2C)[n+](C)c1. The van der Waals surface area contributed by atoms with E-state index in [1.807, 2.05) is 57.8 Å². The number of aromatic nitrogens is 10. The van der Waals surface area contributed by atoms with Crippen LogP contribution in [-0.2, 0) is 35.2 Å². The van der Waals surface area contributed by atoms with Gasteiger partial charge >= 0.3 is 0 Å². The van der Waals surface area contributed by atoms with Crippen molar-refractivity contribution in [2.75, 3.05) is 0 Å². The van der Waals surface area contributed by atoms with Gasteiger partial charge in [-0.05, 0) is 191 Å². The Hall–Kier alpha value is -8.50. The van der Waals surface area contributed by atoms with Crippen LogP contribution in [0, 0.1) is 104 Å². The molecule has 10 aromatic rings. The first kappa shape index (κ1) is 60.7. The molecule has 0 atom stereocenters. The Balaban J connectivity index is 0.000000161. The van der Waals surface area contributed by atoms with Crippen LogP contribution < -0.4 is 22.8 Å². The van der Waals surface area contributed by atoms with Gasteiger partial charge < -0.3 is 0 Å². The normalized spacial score (nSPS) is 10.5. The van der Waals surface area contributed by atoms with Crippen molar-refractivity contribution < 1.29 is 22.8 Å². The molecule has 0 spiro atoms. The van der Waals surface area contributed by atoms with Gasteiger partial charge in [0, 0.05) is 108 Å². The van der Waals surface area contributed by atoms with Gasteiger partial charge in [-0.3, -0.25) is 24.9 Å². The third-order valence-electron chi connectivity index (χ3n) is 14.2. The van der Waals surface area contributed by atoms with E-state index in [9.17, 15) is 0 Å². The van der Waals surface area contributed by atoms with Crippen LogP contribution in [0.5, 0.6) is 0 Å². The summed E-state index contributed by atoms with van der Waals surface area (Å²) in [7, 11) is 10.3. The number of pyridine rings is 10. The Morgan fingerprint density at radius 1 is 0.300 bits per heavy atom. The Labute approximate surface area is 478 Å². The minimum atomic E-state index is 1.07. The summed E-state index contributed by atoms with van der Waals surface area (Å²) in [5.41, 5.74) is 30.3. The number of aryl methyl sites for hydroxylation is 20. The van der Waals surface area contributed by atoms with Crippen molar-refractivity contribution in [3.8, 4) is 56.3 Å². The van der Waals surface area contributed by atoms with Gasteiger partial charge in [0.1, 0.15) is 35.2 Å². The molecule has 0 aliphatic heterocycles. The summed E-state index contributed by atoms with van der Waals surface area (Å²) in [4.78, 5) is 21.9. The van der Waals surface area contributed by atoms with Crippen LogP contribution in [0.1, 0.15) is 84.1 Å². The number of rotatable bonds is 5. The van der Waals surface area contributed by atoms with Crippen molar-refractivity contribution in [2.45, 2.75) is 104 Å². The minimum Gasteiger partial charge on any atom is -0.264 e. The quantitative estimate of drug-likeness (QED) is 0.160. The van der Waals surface area contributed by atoms with Crippen molar-refractivity contribution in [2.24, 2.45) is 35.2 Å². The largest absolute Gasteiger partial charge is 0.264 e. The van der Waals surface area contributed by atoms with Crippen LogP contribution >= 0.6 is 0 Å². The Kier molecular flexibility index (Phi) is 20.8. The van der Waals surface area contributed by atoms with E-state index >= 15 is 0 Å². The molecule has 0 saturated heterocycles. The van der Waals surface area contributed by atoms with Gasteiger partial charge in [0.25, 0.3) is 0 Å². The highest BCUT2D eigenvalue weighted by Crippen LogP contribution is 2.26. The number of hydrogen-bond acceptors (Lipinski definition) is 5. The summed E-state index contributed by atoms with van der Waals surface area (Å²) in [6.07, 6.45) is 20.1. The predicted octanol–water partition coefficient (Wildman–Crippen LogP) is 12.5. The second-order valence-corrected chi connectivity index (χ2v) is 21.6. The first-order valence-corrected chi connectivity index (χ1v) is 27.4. The predicted molar refractivity (Wildman–Crippen MR) is 325 cm³/mol. The van der Waals surface area contributed by atoms with Gasteiger partial charge in [-0.25, -0.2) is 22.8 Å². The maximum atomic E-state index is 4.56. The van der Waals surface area contributed by atoms with Crippen molar-refractivity contribution in [1.82, 2.24) is 24.9 Å². The van der Waals surface area contributed by atoms with E-state index in [4.69, 9.17) is 0 Å². The fourth-order valence-electron chi connectivity index (χ4n) is 10.00. The molecule has 0 saturated carbocycles. The highest BCUT2D eigenvalue weighted by atomic mass is 14.9. The van der Waals surface area contributed by atoms with Crippen LogP contribution in [0.2, 0.25) is 0 Å². The lowest BCUT2D eigenvalue weighted by atomic mass is 10.0. The molecule has 10 heterocycles. The first-order chi connectivity index (χ1) is 37.9. The second kappa shape index (κ2) is 27.4. The second-order valence-electron chi connectivity index (χ2n) is 21.6. The Morgan fingerprint density at radius 2 is 0.725 bits per heavy atom. The maximum absolute atomic E-state index is 4.56. The van der Waals surface area contributed by atoms with E-state index in [0.717, 1.165) is 28.5 Å². The molecule has 0 amide bonds. The zero-order valence-electron chi connectivity index (χ0n) is 51.4. The lowest BCUT2D eigenvalue weighted by Gasteiger charge is -2.09. The summed E-state index contributed by atoms with van der Waals surface area (Å²) >= 11 is 0. The van der Waals surface area contributed by atoms with E-state index in [0.29, 0.717) is 0 Å². The average molecular weight is 1070 g/mol. The van der Waals surface area contributed by atoms with Crippen LogP contribution in [0.3, 0.4) is 0 Å². The molecule has 0 radical (unpaired) electrons. The molecule has 10 rings (SSSR count). The summed E-state index contributed by atoms with van der Waals surface area (Å²) in [6.45, 7) is 31.4. The molecular weight excluding hydrogens is 981 g/mol. The van der Waals surface area contributed by atoms with Gasteiger partial charge in [0.05, 0.1) is 39.2 Å². The van der Waals surface area contributed by atoms with Gasteiger partial charge in [-0.2, -0.15) is 0 Å². The van der Waals surface area contributed by atoms with E-state index < -0.39 is 0 Å². The lowest BCUT2D eigenvalue weighted by Crippen LogP contribution is -2.31. The topological polar surface area (TPSA) is 83.8 Å². The molecule has 0 aliphatic rings. The average Bonchev–Trinajstić information content (AvgIpc) is 3.38. The molecule has 0 aromatic carbocycles. The fourth-order valence-corrected chi connectivity index (χ4v) is 10.00. The van der Waals surface area contributed by atoms with Crippen LogP contribution in [0.4, 0.5) is 0 Å². The number of nitrogens with zero attached hydrogens (tertiary/aromatic N) is 10. The van der Waals surface area contributed by atoms with Crippen molar-refractivity contribution in [3.63, 3.8) is 0 Å². The summed E-state index contributed by atoms with van der Waals surface area (Å²) < 4.78 is 10.7. The summed E-state index contributed by atoms with van der Waals surface area (Å²) in [6, 6.07) is 32.0. The monoisotopic (exact) mass is 1070 g/mol. The summed E-state index contributed by atoms with van der Waals surface area (Å²) in [5, 5.41) is 0. The van der Waals surface area contributed by atoms with Gasteiger partial charge in [-0.1, -0.05) is 0 Å². The summed E-state index contributed by atoms with van der Waals surface area (Å²) in [5.74, 6) is 0. The molecule has 0 aliphatic carbocycles. The van der Waals surface area contributed by atoms with Crippen LogP contribution in [-0.4, -0.2) is 24.9 Å². The van der Waals surface area contributed by atoms with Crippen molar-refractivity contribution >= 4 is 0 Å². The molecule has 410 valence electrons. The minimum absolute atomic E-state index is 1.07. The zero-order chi connectivity index (χ0) is 58.5. The lowest BCUT2D eigenvalue weighted by molar-refractivity contribution is -0.660. The maximum Gasteiger partial charge on any atom is 0.214 e. The van der Waals surface area contributed by atoms with E-state index in [2.05, 4.69) is 282 Å². The third kappa shape index (κ3) is 15.8. The van der Waals surface area contributed by atoms with Crippen molar-refractivity contribution in [3.05, 3.63) is 237 Å². The third-order valence-corrected chi connectivity index (χ3v) is 14.2. The highest BCUT2D eigenvalue weighted by molar-refractivity contribution is 5.65. The van der Waals surface area contributed by atoms with Gasteiger partial charge in [0.2, 0.25) is 28.5 Å². The highest BCUT2D eigenvalue weighted by Gasteiger charge is 2.19. The van der Waals surface area contributed by atoms with Gasteiger partial charge in [-0.15, -0.1) is 0 Å². The van der Waals surface area contributed by atoms with E-state index in [1.165, 1.54) is 112 Å². The molecular formula is C70H85N10+5. The molecule has 0 fully saturated rings. The molecule has 80 heavy (non-hydrogen) atoms. The Morgan fingerprint density at radius 3 is 1.19 bits per heavy atom. The molecule has 10 heteroatoms. The van der Waals surface area contributed by atoms with Crippen LogP contribution in [0.25, 0.3) is 56.3 Å².